The van der Waals surface area contributed by atoms with Crippen LogP contribution in [0.1, 0.15) is 22.3 Å². The maximum Gasteiger partial charge on any atom is 0.294 e. The third kappa shape index (κ3) is 5.90. The van der Waals surface area contributed by atoms with Crippen molar-refractivity contribution in [3.63, 3.8) is 0 Å². The number of aryl methyl sites for hydroxylation is 4. The van der Waals surface area contributed by atoms with Crippen LogP contribution in [0.3, 0.4) is 0 Å². The zero-order chi connectivity index (χ0) is 18.7. The lowest BCUT2D eigenvalue weighted by molar-refractivity contribution is 0.482. The highest BCUT2D eigenvalue weighted by atomic mass is 35.7. The van der Waals surface area contributed by atoms with Crippen molar-refractivity contribution in [2.45, 2.75) is 37.5 Å². The van der Waals surface area contributed by atoms with Crippen molar-refractivity contribution in [3.05, 3.63) is 58.7 Å². The fraction of sp³-hybridized carbons (Fsp3) is 0.250. The summed E-state index contributed by atoms with van der Waals surface area (Å²) in [5.41, 5.74) is 3.25. The number of benzene rings is 2. The van der Waals surface area contributed by atoms with Crippen LogP contribution in [-0.2, 0) is 19.2 Å². The monoisotopic (exact) mass is 390 g/mol. The van der Waals surface area contributed by atoms with Gasteiger partial charge in [-0.1, -0.05) is 35.4 Å². The minimum Gasteiger partial charge on any atom is -0.282 e. The predicted octanol–water partition coefficient (Wildman–Crippen LogP) is 3.78. The summed E-state index contributed by atoms with van der Waals surface area (Å²) in [6, 6.07) is 9.80. The summed E-state index contributed by atoms with van der Waals surface area (Å²) in [5, 5.41) is 0. The first-order valence-corrected chi connectivity index (χ1v) is 10.6. The van der Waals surface area contributed by atoms with Crippen LogP contribution >= 0.6 is 10.7 Å². The third-order valence-corrected chi connectivity index (χ3v) is 5.70. The minimum atomic E-state index is -4.05. The topological polar surface area (TPSA) is 88.5 Å². The first-order chi connectivity index (χ1) is 10.8. The van der Waals surface area contributed by atoms with Gasteiger partial charge in [0, 0.05) is 10.7 Å². The van der Waals surface area contributed by atoms with E-state index in [1.54, 1.807) is 38.1 Å². The lowest BCUT2D eigenvalue weighted by atomic mass is 10.2. The standard InChI is InChI=1S/C8H9ClO2S.C8H10O3S/c2*1-6-3-4-8(7(2)5-6)12(9,10)11/h3-5H,1-2H3;3-5H,1-2H3,(H,9,10,11). The van der Waals surface area contributed by atoms with Gasteiger partial charge in [-0.3, -0.25) is 4.55 Å². The molecule has 0 spiro atoms. The second-order valence-electron chi connectivity index (χ2n) is 5.45. The highest BCUT2D eigenvalue weighted by Crippen LogP contribution is 2.20. The molecular formula is C16H19ClO5S2. The smallest absolute Gasteiger partial charge is 0.282 e. The van der Waals surface area contributed by atoms with Gasteiger partial charge in [0.15, 0.2) is 0 Å². The van der Waals surface area contributed by atoms with Crippen molar-refractivity contribution in [2.24, 2.45) is 0 Å². The zero-order valence-electron chi connectivity index (χ0n) is 13.7. The van der Waals surface area contributed by atoms with Crippen LogP contribution in [-0.4, -0.2) is 21.4 Å². The Labute approximate surface area is 147 Å². The molecule has 0 unspecified atom stereocenters. The van der Waals surface area contributed by atoms with Crippen LogP contribution in [0.25, 0.3) is 0 Å². The summed E-state index contributed by atoms with van der Waals surface area (Å²) in [5.74, 6) is 0. The molecule has 0 heterocycles. The fourth-order valence-corrected chi connectivity index (χ4v) is 4.06. The van der Waals surface area contributed by atoms with Crippen molar-refractivity contribution < 1.29 is 21.4 Å². The first kappa shape index (κ1) is 20.6. The average molecular weight is 391 g/mol. The van der Waals surface area contributed by atoms with Gasteiger partial charge in [0.05, 0.1) is 9.79 Å². The van der Waals surface area contributed by atoms with E-state index in [1.807, 2.05) is 13.8 Å². The molecular weight excluding hydrogens is 372 g/mol. The summed E-state index contributed by atoms with van der Waals surface area (Å²) >= 11 is 0. The second kappa shape index (κ2) is 7.65. The molecule has 0 radical (unpaired) electrons. The highest BCUT2D eigenvalue weighted by Gasteiger charge is 2.12. The average Bonchev–Trinajstić information content (AvgIpc) is 2.35. The summed E-state index contributed by atoms with van der Waals surface area (Å²) in [6.45, 7) is 7.14. The molecule has 0 aliphatic rings. The molecule has 0 atom stereocenters. The maximum absolute atomic E-state index is 10.9. The van der Waals surface area contributed by atoms with E-state index in [0.29, 0.717) is 11.1 Å². The summed E-state index contributed by atoms with van der Waals surface area (Å²) < 4.78 is 52.0. The Morgan fingerprint density at radius 2 is 1.12 bits per heavy atom. The number of halogens is 1. The molecule has 1 N–H and O–H groups in total. The van der Waals surface area contributed by atoms with Gasteiger partial charge in [-0.25, -0.2) is 8.42 Å². The summed E-state index contributed by atoms with van der Waals surface area (Å²) in [6.07, 6.45) is 0. The van der Waals surface area contributed by atoms with E-state index in [4.69, 9.17) is 15.2 Å². The molecule has 132 valence electrons. The first-order valence-electron chi connectivity index (χ1n) is 6.89. The molecule has 0 saturated heterocycles. The zero-order valence-corrected chi connectivity index (χ0v) is 16.1. The van der Waals surface area contributed by atoms with Crippen LogP contribution in [0.2, 0.25) is 0 Å². The Bertz CT molecular complexity index is 869. The lowest BCUT2D eigenvalue weighted by Gasteiger charge is -2.02. The molecule has 8 heteroatoms. The third-order valence-electron chi connectivity index (χ3n) is 3.20. The van der Waals surface area contributed by atoms with Gasteiger partial charge in [-0.15, -0.1) is 0 Å². The Kier molecular flexibility index (Phi) is 6.58. The Hall–Kier alpha value is -1.41. The van der Waals surface area contributed by atoms with E-state index in [0.717, 1.165) is 11.1 Å². The molecule has 5 nitrogen and oxygen atoms in total. The van der Waals surface area contributed by atoms with Crippen molar-refractivity contribution in [3.8, 4) is 0 Å². The fourth-order valence-electron chi connectivity index (χ4n) is 2.16. The van der Waals surface area contributed by atoms with Gasteiger partial charge in [0.1, 0.15) is 0 Å². The summed E-state index contributed by atoms with van der Waals surface area (Å²) in [7, 11) is -2.44. The normalized spacial score (nSPS) is 11.6. The van der Waals surface area contributed by atoms with Gasteiger partial charge in [-0.2, -0.15) is 8.42 Å². The molecule has 0 fully saturated rings. The van der Waals surface area contributed by atoms with E-state index in [1.165, 1.54) is 12.1 Å². The van der Waals surface area contributed by atoms with Crippen LogP contribution in [0.5, 0.6) is 0 Å². The predicted molar refractivity (Wildman–Crippen MR) is 94.7 cm³/mol. The highest BCUT2D eigenvalue weighted by molar-refractivity contribution is 8.13. The van der Waals surface area contributed by atoms with Crippen LogP contribution in [0.4, 0.5) is 0 Å². The van der Waals surface area contributed by atoms with E-state index in [9.17, 15) is 16.8 Å². The van der Waals surface area contributed by atoms with Gasteiger partial charge in [0.2, 0.25) is 0 Å². The molecule has 24 heavy (non-hydrogen) atoms. The quantitative estimate of drug-likeness (QED) is 0.622. The molecule has 2 aromatic carbocycles. The Morgan fingerprint density at radius 3 is 1.42 bits per heavy atom. The number of hydrogen-bond acceptors (Lipinski definition) is 4. The van der Waals surface area contributed by atoms with Crippen molar-refractivity contribution in [2.75, 3.05) is 0 Å². The Morgan fingerprint density at radius 1 is 0.750 bits per heavy atom. The van der Waals surface area contributed by atoms with Crippen LogP contribution < -0.4 is 0 Å². The molecule has 0 aliphatic carbocycles. The molecule has 0 amide bonds. The van der Waals surface area contributed by atoms with E-state index < -0.39 is 19.2 Å². The Balaban J connectivity index is 0.000000240. The SMILES string of the molecule is Cc1ccc(S(=O)(=O)Cl)c(C)c1.Cc1ccc(S(=O)(=O)O)c(C)c1. The molecule has 0 saturated carbocycles. The van der Waals surface area contributed by atoms with Gasteiger partial charge in [-0.05, 0) is 51.0 Å². The largest absolute Gasteiger partial charge is 0.294 e. The van der Waals surface area contributed by atoms with Crippen LogP contribution in [0, 0.1) is 27.7 Å². The van der Waals surface area contributed by atoms with E-state index in [2.05, 4.69) is 0 Å². The minimum absolute atomic E-state index is 0.0203. The van der Waals surface area contributed by atoms with E-state index in [-0.39, 0.29) is 9.79 Å². The molecule has 2 aromatic rings. The van der Waals surface area contributed by atoms with E-state index >= 15 is 0 Å². The van der Waals surface area contributed by atoms with Crippen molar-refractivity contribution in [1.29, 1.82) is 0 Å². The van der Waals surface area contributed by atoms with Gasteiger partial charge >= 0.3 is 0 Å². The summed E-state index contributed by atoms with van der Waals surface area (Å²) in [4.78, 5) is 0.169. The van der Waals surface area contributed by atoms with Gasteiger partial charge in [0.25, 0.3) is 19.2 Å². The number of hydrogen-bond donors (Lipinski definition) is 1. The lowest BCUT2D eigenvalue weighted by Crippen LogP contribution is -2.00. The van der Waals surface area contributed by atoms with Crippen molar-refractivity contribution in [1.82, 2.24) is 0 Å². The molecule has 2 rings (SSSR count). The maximum atomic E-state index is 10.9. The molecule has 0 bridgehead atoms. The molecule has 0 aromatic heterocycles. The van der Waals surface area contributed by atoms with Crippen LogP contribution in [0.15, 0.2) is 46.2 Å². The molecule has 0 aliphatic heterocycles. The second-order valence-corrected chi connectivity index (χ2v) is 9.38. The number of rotatable bonds is 2. The van der Waals surface area contributed by atoms with Gasteiger partial charge < -0.3 is 0 Å². The van der Waals surface area contributed by atoms with Crippen molar-refractivity contribution >= 4 is 29.9 Å².